The molecule has 0 aliphatic heterocycles. The van der Waals surface area contributed by atoms with Gasteiger partial charge in [0.2, 0.25) is 11.8 Å². The molecule has 1 fully saturated rings. The van der Waals surface area contributed by atoms with Crippen LogP contribution in [0, 0.1) is 6.92 Å². The molecule has 0 spiro atoms. The van der Waals surface area contributed by atoms with Crippen molar-refractivity contribution in [1.29, 1.82) is 0 Å². The highest BCUT2D eigenvalue weighted by atomic mass is 16.2. The van der Waals surface area contributed by atoms with E-state index in [4.69, 9.17) is 0 Å². The van der Waals surface area contributed by atoms with Crippen LogP contribution < -0.4 is 16.2 Å². The minimum absolute atomic E-state index is 0.0735. The van der Waals surface area contributed by atoms with Crippen LogP contribution in [0.1, 0.15) is 30.5 Å². The van der Waals surface area contributed by atoms with Gasteiger partial charge < -0.3 is 10.6 Å². The lowest BCUT2D eigenvalue weighted by Crippen LogP contribution is -2.32. The third kappa shape index (κ3) is 4.74. The number of hydrogen-bond donors (Lipinski definition) is 2. The Morgan fingerprint density at radius 3 is 2.67 bits per heavy atom. The molecule has 154 valence electrons. The second kappa shape index (κ2) is 8.49. The molecule has 1 aliphatic rings. The van der Waals surface area contributed by atoms with Crippen LogP contribution in [0.5, 0.6) is 0 Å². The van der Waals surface area contributed by atoms with E-state index < -0.39 is 0 Å². The van der Waals surface area contributed by atoms with Crippen LogP contribution in [0.4, 0.5) is 5.69 Å². The van der Waals surface area contributed by atoms with Gasteiger partial charge in [-0.25, -0.2) is 4.98 Å². The molecule has 3 aromatic rings. The van der Waals surface area contributed by atoms with Gasteiger partial charge in [-0.15, -0.1) is 0 Å². The van der Waals surface area contributed by atoms with Gasteiger partial charge in [-0.05, 0) is 49.6 Å². The monoisotopic (exact) mass is 404 g/mol. The Labute approximate surface area is 174 Å². The van der Waals surface area contributed by atoms with Crippen LogP contribution in [0.2, 0.25) is 0 Å². The maximum Gasteiger partial charge on any atom is 0.273 e. The summed E-state index contributed by atoms with van der Waals surface area (Å²) in [5.74, 6) is -0.368. The summed E-state index contributed by atoms with van der Waals surface area (Å²) in [6, 6.07) is 15.0. The van der Waals surface area contributed by atoms with Gasteiger partial charge in [-0.2, -0.15) is 0 Å². The molecule has 1 aromatic heterocycles. The number of nitrogens with one attached hydrogen (secondary N) is 2. The second-order valence-electron chi connectivity index (χ2n) is 7.70. The fourth-order valence-corrected chi connectivity index (χ4v) is 3.39. The van der Waals surface area contributed by atoms with Gasteiger partial charge in [-0.3, -0.25) is 19.0 Å². The smallest absolute Gasteiger partial charge is 0.273 e. The van der Waals surface area contributed by atoms with Gasteiger partial charge in [0.25, 0.3) is 5.56 Å². The molecule has 2 aromatic carbocycles. The molecule has 2 N–H and O–H groups in total. The highest BCUT2D eigenvalue weighted by Gasteiger charge is 2.23. The molecular weight excluding hydrogens is 380 g/mol. The van der Waals surface area contributed by atoms with Crippen molar-refractivity contribution in [2.75, 3.05) is 5.32 Å². The van der Waals surface area contributed by atoms with E-state index in [1.54, 1.807) is 18.2 Å². The van der Waals surface area contributed by atoms with Gasteiger partial charge in [0.15, 0.2) is 0 Å². The number of aromatic nitrogens is 2. The van der Waals surface area contributed by atoms with Gasteiger partial charge >= 0.3 is 0 Å². The molecule has 0 unspecified atom stereocenters. The minimum atomic E-state index is -0.340. The Morgan fingerprint density at radius 1 is 1.10 bits per heavy atom. The molecule has 7 heteroatoms. The largest absolute Gasteiger partial charge is 0.353 e. The van der Waals surface area contributed by atoms with E-state index in [0.717, 1.165) is 18.4 Å². The van der Waals surface area contributed by atoms with Crippen molar-refractivity contribution in [3.05, 3.63) is 70.1 Å². The standard InChI is InChI=1S/C23H24N4O3/c1-15-5-4-6-17(13-15)25-22(29)14-27-20-8-3-2-7-18(20)26-19(23(27)30)11-12-21(28)24-16-9-10-16/h2-8,13,16H,9-12,14H2,1H3,(H,24,28)(H,25,29). The fraction of sp³-hybridized carbons (Fsp3) is 0.304. The summed E-state index contributed by atoms with van der Waals surface area (Å²) < 4.78 is 1.43. The predicted molar refractivity (Wildman–Crippen MR) is 115 cm³/mol. The summed E-state index contributed by atoms with van der Waals surface area (Å²) in [4.78, 5) is 42.2. The second-order valence-corrected chi connectivity index (χ2v) is 7.70. The van der Waals surface area contributed by atoms with E-state index in [-0.39, 0.29) is 42.8 Å². The average Bonchev–Trinajstić information content (AvgIpc) is 3.53. The number of benzene rings is 2. The quantitative estimate of drug-likeness (QED) is 0.633. The summed E-state index contributed by atoms with van der Waals surface area (Å²) in [5, 5.41) is 5.76. The van der Waals surface area contributed by atoms with Gasteiger partial charge in [0.05, 0.1) is 11.0 Å². The average molecular weight is 404 g/mol. The number of rotatable bonds is 7. The predicted octanol–water partition coefficient (Wildman–Crippen LogP) is 2.55. The highest BCUT2D eigenvalue weighted by molar-refractivity contribution is 5.91. The van der Waals surface area contributed by atoms with Crippen molar-refractivity contribution < 1.29 is 9.59 Å². The molecular formula is C23H24N4O3. The first kappa shape index (κ1) is 19.8. The lowest BCUT2D eigenvalue weighted by molar-refractivity contribution is -0.121. The number of anilines is 1. The van der Waals surface area contributed by atoms with Gasteiger partial charge in [0, 0.05) is 24.6 Å². The molecule has 7 nitrogen and oxygen atoms in total. The number of carbonyl (C=O) groups excluding carboxylic acids is 2. The van der Waals surface area contributed by atoms with Crippen molar-refractivity contribution in [3.8, 4) is 0 Å². The zero-order valence-electron chi connectivity index (χ0n) is 16.9. The zero-order valence-corrected chi connectivity index (χ0v) is 16.9. The molecule has 4 rings (SSSR count). The first-order valence-electron chi connectivity index (χ1n) is 10.1. The number of hydrogen-bond acceptors (Lipinski definition) is 4. The molecule has 0 bridgehead atoms. The Morgan fingerprint density at radius 2 is 1.90 bits per heavy atom. The van der Waals surface area contributed by atoms with Crippen LogP contribution in [0.25, 0.3) is 11.0 Å². The summed E-state index contributed by atoms with van der Waals surface area (Å²) in [6.07, 6.45) is 2.47. The van der Waals surface area contributed by atoms with E-state index in [0.29, 0.717) is 22.4 Å². The number of aryl methyl sites for hydroxylation is 2. The van der Waals surface area contributed by atoms with Crippen molar-refractivity contribution in [3.63, 3.8) is 0 Å². The molecule has 0 saturated heterocycles. The van der Waals surface area contributed by atoms with Crippen molar-refractivity contribution in [2.24, 2.45) is 0 Å². The van der Waals surface area contributed by atoms with Crippen LogP contribution in [0.3, 0.4) is 0 Å². The van der Waals surface area contributed by atoms with E-state index in [1.807, 2.05) is 37.3 Å². The summed E-state index contributed by atoms with van der Waals surface area (Å²) in [5.41, 5.74) is 2.89. The van der Waals surface area contributed by atoms with Crippen LogP contribution in [-0.4, -0.2) is 27.4 Å². The number of carbonyl (C=O) groups is 2. The molecule has 0 atom stereocenters. The van der Waals surface area contributed by atoms with Crippen molar-refractivity contribution in [2.45, 2.75) is 45.2 Å². The van der Waals surface area contributed by atoms with Gasteiger partial charge in [0.1, 0.15) is 12.2 Å². The third-order valence-electron chi connectivity index (χ3n) is 5.05. The van der Waals surface area contributed by atoms with Crippen molar-refractivity contribution in [1.82, 2.24) is 14.9 Å². The van der Waals surface area contributed by atoms with Crippen LogP contribution in [0.15, 0.2) is 53.3 Å². The molecule has 1 aliphatic carbocycles. The third-order valence-corrected chi connectivity index (χ3v) is 5.05. The van der Waals surface area contributed by atoms with Crippen LogP contribution in [-0.2, 0) is 22.6 Å². The number of nitrogens with zero attached hydrogens (tertiary/aromatic N) is 2. The maximum atomic E-state index is 13.1. The lowest BCUT2D eigenvalue weighted by Gasteiger charge is -2.13. The van der Waals surface area contributed by atoms with Gasteiger partial charge in [-0.1, -0.05) is 24.3 Å². The molecule has 1 saturated carbocycles. The summed E-state index contributed by atoms with van der Waals surface area (Å²) >= 11 is 0. The summed E-state index contributed by atoms with van der Waals surface area (Å²) in [6.45, 7) is 1.82. The normalized spacial score (nSPS) is 13.2. The SMILES string of the molecule is Cc1cccc(NC(=O)Cn2c(=O)c(CCC(=O)NC3CC3)nc3ccccc32)c1. The van der Waals surface area contributed by atoms with E-state index in [1.165, 1.54) is 4.57 Å². The molecule has 2 amide bonds. The number of amides is 2. The van der Waals surface area contributed by atoms with E-state index in [9.17, 15) is 14.4 Å². The Kier molecular flexibility index (Phi) is 5.61. The number of para-hydroxylation sites is 2. The number of fused-ring (bicyclic) bond motifs is 1. The molecule has 0 radical (unpaired) electrons. The topological polar surface area (TPSA) is 93.1 Å². The fourth-order valence-electron chi connectivity index (χ4n) is 3.39. The minimum Gasteiger partial charge on any atom is -0.353 e. The van der Waals surface area contributed by atoms with Crippen molar-refractivity contribution >= 4 is 28.5 Å². The Balaban J connectivity index is 1.57. The maximum absolute atomic E-state index is 13.1. The molecule has 30 heavy (non-hydrogen) atoms. The Hall–Kier alpha value is -3.48. The zero-order chi connectivity index (χ0) is 21.1. The first-order chi connectivity index (χ1) is 14.5. The lowest BCUT2D eigenvalue weighted by atomic mass is 10.2. The summed E-state index contributed by atoms with van der Waals surface area (Å²) in [7, 11) is 0. The first-order valence-corrected chi connectivity index (χ1v) is 10.1. The van der Waals surface area contributed by atoms with E-state index >= 15 is 0 Å². The molecule has 1 heterocycles. The van der Waals surface area contributed by atoms with E-state index in [2.05, 4.69) is 15.6 Å². The van der Waals surface area contributed by atoms with Crippen LogP contribution >= 0.6 is 0 Å². The Bertz CT molecular complexity index is 1160. The highest BCUT2D eigenvalue weighted by Crippen LogP contribution is 2.19.